The smallest absolute Gasteiger partial charge is 0.318 e. The molecule has 1 spiro atoms. The first-order valence-corrected chi connectivity index (χ1v) is 5.33. The van der Waals surface area contributed by atoms with E-state index < -0.39 is 0 Å². The Balaban J connectivity index is 1.69. The molecule has 2 aliphatic rings. The highest BCUT2D eigenvalue weighted by Gasteiger charge is 2.46. The first kappa shape index (κ1) is 8.26. The molecule has 0 amide bonds. The van der Waals surface area contributed by atoms with Crippen molar-refractivity contribution >= 4 is 6.01 Å². The summed E-state index contributed by atoms with van der Waals surface area (Å²) in [6, 6.07) is 0.708. The number of aromatic nitrogens is 2. The zero-order valence-corrected chi connectivity index (χ0v) is 8.49. The van der Waals surface area contributed by atoms with Gasteiger partial charge in [0.2, 0.25) is 5.89 Å². The number of nitrogens with zero attached hydrogens (tertiary/aromatic N) is 3. The van der Waals surface area contributed by atoms with Crippen LogP contribution in [0.4, 0.5) is 6.01 Å². The molecule has 1 aliphatic carbocycles. The summed E-state index contributed by atoms with van der Waals surface area (Å²) in [6.07, 6.45) is 5.57. The highest BCUT2D eigenvalue weighted by Crippen LogP contribution is 2.46. The molecule has 1 aromatic rings. The second-order valence-electron chi connectivity index (χ2n) is 4.67. The van der Waals surface area contributed by atoms with E-state index in [9.17, 15) is 0 Å². The van der Waals surface area contributed by atoms with Crippen LogP contribution in [0, 0.1) is 12.3 Å². The zero-order chi connectivity index (χ0) is 9.60. The van der Waals surface area contributed by atoms with Crippen LogP contribution in [0.15, 0.2) is 4.42 Å². The minimum atomic E-state index is 0.600. The van der Waals surface area contributed by atoms with E-state index in [2.05, 4.69) is 15.1 Å². The van der Waals surface area contributed by atoms with Gasteiger partial charge in [-0.15, -0.1) is 5.10 Å². The predicted molar refractivity (Wildman–Crippen MR) is 52.1 cm³/mol. The van der Waals surface area contributed by atoms with Crippen molar-refractivity contribution < 1.29 is 4.42 Å². The molecule has 0 aromatic carbocycles. The quantitative estimate of drug-likeness (QED) is 0.681. The van der Waals surface area contributed by atoms with E-state index in [4.69, 9.17) is 4.42 Å². The van der Waals surface area contributed by atoms with Gasteiger partial charge in [-0.2, -0.15) is 0 Å². The summed E-state index contributed by atoms with van der Waals surface area (Å²) in [4.78, 5) is 2.20. The van der Waals surface area contributed by atoms with Gasteiger partial charge in [-0.1, -0.05) is 17.9 Å². The highest BCUT2D eigenvalue weighted by atomic mass is 16.4. The van der Waals surface area contributed by atoms with Crippen LogP contribution in [-0.2, 0) is 0 Å². The molecule has 76 valence electrons. The van der Waals surface area contributed by atoms with Gasteiger partial charge in [-0.3, -0.25) is 0 Å². The third-order valence-electron chi connectivity index (χ3n) is 3.50. The molecule has 4 heteroatoms. The fourth-order valence-corrected chi connectivity index (χ4v) is 2.75. The summed E-state index contributed by atoms with van der Waals surface area (Å²) < 4.78 is 5.39. The van der Waals surface area contributed by atoms with Gasteiger partial charge in [0.1, 0.15) is 0 Å². The monoisotopic (exact) mass is 193 g/mol. The zero-order valence-electron chi connectivity index (χ0n) is 8.49. The molecular weight excluding hydrogens is 178 g/mol. The van der Waals surface area contributed by atoms with Gasteiger partial charge in [0, 0.05) is 25.4 Å². The van der Waals surface area contributed by atoms with E-state index in [0.29, 0.717) is 17.3 Å². The van der Waals surface area contributed by atoms with Gasteiger partial charge in [-0.25, -0.2) is 0 Å². The van der Waals surface area contributed by atoms with Gasteiger partial charge >= 0.3 is 6.01 Å². The Labute approximate surface area is 83.3 Å². The third kappa shape index (κ3) is 1.13. The average molecular weight is 193 g/mol. The number of anilines is 1. The van der Waals surface area contributed by atoms with E-state index in [0.717, 1.165) is 13.1 Å². The molecule has 3 rings (SSSR count). The van der Waals surface area contributed by atoms with Gasteiger partial charge < -0.3 is 9.32 Å². The van der Waals surface area contributed by atoms with Gasteiger partial charge in [-0.05, 0) is 12.8 Å². The molecule has 0 bridgehead atoms. The molecule has 1 saturated carbocycles. The highest BCUT2D eigenvalue weighted by molar-refractivity contribution is 5.32. The van der Waals surface area contributed by atoms with E-state index in [1.54, 1.807) is 0 Å². The number of rotatable bonds is 1. The van der Waals surface area contributed by atoms with Crippen molar-refractivity contribution in [3.8, 4) is 0 Å². The lowest BCUT2D eigenvalue weighted by Gasteiger charge is -2.47. The van der Waals surface area contributed by atoms with Crippen LogP contribution < -0.4 is 4.90 Å². The van der Waals surface area contributed by atoms with Crippen LogP contribution in [0.1, 0.15) is 31.6 Å². The third-order valence-corrected chi connectivity index (χ3v) is 3.50. The van der Waals surface area contributed by atoms with Crippen LogP contribution >= 0.6 is 0 Å². The fraction of sp³-hybridized carbons (Fsp3) is 0.800. The lowest BCUT2D eigenvalue weighted by atomic mass is 9.79. The minimum absolute atomic E-state index is 0.600. The lowest BCUT2D eigenvalue weighted by Crippen LogP contribution is -2.55. The summed E-state index contributed by atoms with van der Waals surface area (Å²) in [5.41, 5.74) is 0.600. The van der Waals surface area contributed by atoms with Crippen LogP contribution in [0.25, 0.3) is 0 Å². The van der Waals surface area contributed by atoms with Gasteiger partial charge in [0.15, 0.2) is 0 Å². The molecule has 1 saturated heterocycles. The van der Waals surface area contributed by atoms with Crippen LogP contribution in [0.5, 0.6) is 0 Å². The van der Waals surface area contributed by atoms with E-state index in [-0.39, 0.29) is 0 Å². The summed E-state index contributed by atoms with van der Waals surface area (Å²) in [5.74, 6) is 0.660. The van der Waals surface area contributed by atoms with Crippen molar-refractivity contribution in [1.82, 2.24) is 10.2 Å². The molecular formula is C10H15N3O. The van der Waals surface area contributed by atoms with Crippen molar-refractivity contribution in [2.24, 2.45) is 5.41 Å². The Hall–Kier alpha value is -1.06. The van der Waals surface area contributed by atoms with Crippen molar-refractivity contribution in [1.29, 1.82) is 0 Å². The first-order chi connectivity index (χ1) is 6.77. The number of aryl methyl sites for hydroxylation is 1. The molecule has 0 unspecified atom stereocenters. The second-order valence-corrected chi connectivity index (χ2v) is 4.67. The molecule has 2 fully saturated rings. The number of hydrogen-bond acceptors (Lipinski definition) is 4. The van der Waals surface area contributed by atoms with Crippen LogP contribution in [0.2, 0.25) is 0 Å². The van der Waals surface area contributed by atoms with Crippen molar-refractivity contribution in [2.45, 2.75) is 32.6 Å². The summed E-state index contributed by atoms with van der Waals surface area (Å²) in [6.45, 7) is 4.07. The SMILES string of the molecule is Cc1nnc(N2CC3(CCCC3)C2)o1. The normalized spacial score (nSPS) is 24.2. The lowest BCUT2D eigenvalue weighted by molar-refractivity contribution is 0.210. The first-order valence-electron chi connectivity index (χ1n) is 5.33. The average Bonchev–Trinajstić information content (AvgIpc) is 2.68. The maximum Gasteiger partial charge on any atom is 0.318 e. The molecule has 1 aromatic heterocycles. The topological polar surface area (TPSA) is 42.2 Å². The Kier molecular flexibility index (Phi) is 1.60. The summed E-state index contributed by atoms with van der Waals surface area (Å²) in [5, 5.41) is 7.88. The Morgan fingerprint density at radius 1 is 1.21 bits per heavy atom. The van der Waals surface area contributed by atoms with E-state index >= 15 is 0 Å². The largest absolute Gasteiger partial charge is 0.408 e. The molecule has 1 aliphatic heterocycles. The van der Waals surface area contributed by atoms with Crippen LogP contribution in [-0.4, -0.2) is 23.3 Å². The van der Waals surface area contributed by atoms with E-state index in [1.165, 1.54) is 25.7 Å². The maximum absolute atomic E-state index is 5.39. The Morgan fingerprint density at radius 3 is 2.50 bits per heavy atom. The van der Waals surface area contributed by atoms with Crippen molar-refractivity contribution in [3.05, 3.63) is 5.89 Å². The molecule has 2 heterocycles. The Morgan fingerprint density at radius 2 is 1.93 bits per heavy atom. The van der Waals surface area contributed by atoms with Crippen molar-refractivity contribution in [2.75, 3.05) is 18.0 Å². The number of hydrogen-bond donors (Lipinski definition) is 0. The molecule has 0 atom stereocenters. The summed E-state index contributed by atoms with van der Waals surface area (Å²) >= 11 is 0. The fourth-order valence-electron chi connectivity index (χ4n) is 2.75. The summed E-state index contributed by atoms with van der Waals surface area (Å²) in [7, 11) is 0. The Bertz CT molecular complexity index is 333. The molecule has 14 heavy (non-hydrogen) atoms. The van der Waals surface area contributed by atoms with E-state index in [1.807, 2.05) is 6.92 Å². The molecule has 4 nitrogen and oxygen atoms in total. The van der Waals surface area contributed by atoms with Crippen molar-refractivity contribution in [3.63, 3.8) is 0 Å². The second kappa shape index (κ2) is 2.72. The maximum atomic E-state index is 5.39. The minimum Gasteiger partial charge on any atom is -0.408 e. The molecule has 0 radical (unpaired) electrons. The predicted octanol–water partition coefficient (Wildman–Crippen LogP) is 1.76. The van der Waals surface area contributed by atoms with Crippen LogP contribution in [0.3, 0.4) is 0 Å². The van der Waals surface area contributed by atoms with Gasteiger partial charge in [0.05, 0.1) is 0 Å². The molecule has 0 N–H and O–H groups in total. The standard InChI is InChI=1S/C10H15N3O/c1-8-11-12-9(14-8)13-6-10(7-13)4-2-3-5-10/h2-7H2,1H3. The van der Waals surface area contributed by atoms with Gasteiger partial charge in [0.25, 0.3) is 0 Å².